The maximum absolute atomic E-state index is 12.8. The number of carbonyl (C=O) groups is 2. The van der Waals surface area contributed by atoms with Crippen LogP contribution in [-0.4, -0.2) is 23.6 Å². The highest BCUT2D eigenvalue weighted by molar-refractivity contribution is 6.04. The van der Waals surface area contributed by atoms with Crippen molar-refractivity contribution in [3.8, 4) is 5.75 Å². The van der Waals surface area contributed by atoms with Crippen LogP contribution >= 0.6 is 0 Å². The Hall–Kier alpha value is -2.89. The van der Waals surface area contributed by atoms with E-state index < -0.39 is 12.6 Å². The summed E-state index contributed by atoms with van der Waals surface area (Å²) in [5.74, 6) is -1.46. The number of benzene rings is 2. The highest BCUT2D eigenvalue weighted by Crippen LogP contribution is 2.14. The number of nitrogens with one attached hydrogen (secondary N) is 1. The van der Waals surface area contributed by atoms with Crippen molar-refractivity contribution in [3.05, 3.63) is 59.9 Å². The lowest BCUT2D eigenvalue weighted by Gasteiger charge is -2.06. The van der Waals surface area contributed by atoms with Crippen molar-refractivity contribution < 1.29 is 23.8 Å². The molecule has 2 N–H and O–H groups in total. The monoisotopic (exact) mass is 289 g/mol. The predicted molar refractivity (Wildman–Crippen MR) is 73.9 cm³/mol. The smallest absolute Gasteiger partial charge is 0.341 e. The average Bonchev–Trinajstić information content (AvgIpc) is 2.48. The van der Waals surface area contributed by atoms with Gasteiger partial charge >= 0.3 is 5.97 Å². The average molecular weight is 289 g/mol. The fourth-order valence-electron chi connectivity index (χ4n) is 1.58. The van der Waals surface area contributed by atoms with Gasteiger partial charge in [-0.15, -0.1) is 0 Å². The van der Waals surface area contributed by atoms with Gasteiger partial charge in [0.25, 0.3) is 5.91 Å². The van der Waals surface area contributed by atoms with Crippen molar-refractivity contribution in [2.45, 2.75) is 0 Å². The Labute approximate surface area is 120 Å². The van der Waals surface area contributed by atoms with Crippen LogP contribution in [0.25, 0.3) is 0 Å². The third kappa shape index (κ3) is 4.31. The van der Waals surface area contributed by atoms with Gasteiger partial charge in [-0.25, -0.2) is 9.18 Å². The third-order valence-electron chi connectivity index (χ3n) is 2.58. The first-order valence-electron chi connectivity index (χ1n) is 6.06. The van der Waals surface area contributed by atoms with Crippen molar-refractivity contribution in [2.24, 2.45) is 0 Å². The molecule has 0 aliphatic carbocycles. The number of aliphatic carboxylic acids is 1. The van der Waals surface area contributed by atoms with Crippen LogP contribution in [0.3, 0.4) is 0 Å². The van der Waals surface area contributed by atoms with Gasteiger partial charge in [0.15, 0.2) is 6.61 Å². The highest BCUT2D eigenvalue weighted by Gasteiger charge is 2.07. The van der Waals surface area contributed by atoms with E-state index in [2.05, 4.69) is 5.32 Å². The van der Waals surface area contributed by atoms with Gasteiger partial charge in [-0.2, -0.15) is 0 Å². The van der Waals surface area contributed by atoms with Gasteiger partial charge < -0.3 is 15.2 Å². The quantitative estimate of drug-likeness (QED) is 0.887. The zero-order valence-corrected chi connectivity index (χ0v) is 10.9. The van der Waals surface area contributed by atoms with Crippen molar-refractivity contribution in [3.63, 3.8) is 0 Å². The van der Waals surface area contributed by atoms with Crippen molar-refractivity contribution in [1.82, 2.24) is 0 Å². The van der Waals surface area contributed by atoms with Crippen LogP contribution in [0.4, 0.5) is 10.1 Å². The fourth-order valence-corrected chi connectivity index (χ4v) is 1.58. The van der Waals surface area contributed by atoms with Gasteiger partial charge in [-0.1, -0.05) is 0 Å². The molecule has 2 aromatic rings. The minimum absolute atomic E-state index is 0.355. The molecule has 0 heterocycles. The van der Waals surface area contributed by atoms with E-state index >= 15 is 0 Å². The largest absolute Gasteiger partial charge is 0.482 e. The second-order valence-corrected chi connectivity index (χ2v) is 4.17. The number of halogens is 1. The van der Waals surface area contributed by atoms with E-state index in [4.69, 9.17) is 9.84 Å². The Morgan fingerprint density at radius 3 is 2.24 bits per heavy atom. The lowest BCUT2D eigenvalue weighted by Crippen LogP contribution is -2.12. The van der Waals surface area contributed by atoms with Crippen LogP contribution in [0.2, 0.25) is 0 Å². The maximum Gasteiger partial charge on any atom is 0.341 e. The summed E-state index contributed by atoms with van der Waals surface area (Å²) in [6, 6.07) is 11.4. The molecule has 2 rings (SSSR count). The molecular weight excluding hydrogens is 277 g/mol. The van der Waals surface area contributed by atoms with Gasteiger partial charge in [-0.3, -0.25) is 4.79 Å². The number of hydrogen-bond donors (Lipinski definition) is 2. The Morgan fingerprint density at radius 2 is 1.67 bits per heavy atom. The number of anilines is 1. The van der Waals surface area contributed by atoms with Gasteiger partial charge in [0.2, 0.25) is 0 Å². The summed E-state index contributed by atoms with van der Waals surface area (Å²) in [7, 11) is 0. The molecule has 21 heavy (non-hydrogen) atoms. The Balaban J connectivity index is 1.99. The van der Waals surface area contributed by atoms with Gasteiger partial charge in [-0.05, 0) is 48.5 Å². The number of carboxylic acid groups (broad SMARTS) is 1. The molecular formula is C15H12FNO4. The molecule has 0 bridgehead atoms. The second-order valence-electron chi connectivity index (χ2n) is 4.17. The summed E-state index contributed by atoms with van der Waals surface area (Å²) in [6.45, 7) is -0.443. The lowest BCUT2D eigenvalue weighted by molar-refractivity contribution is -0.139. The topological polar surface area (TPSA) is 75.6 Å². The van der Waals surface area contributed by atoms with Gasteiger partial charge in [0, 0.05) is 11.3 Å². The molecule has 0 radical (unpaired) electrons. The zero-order valence-electron chi connectivity index (χ0n) is 10.9. The molecule has 2 aromatic carbocycles. The molecule has 6 heteroatoms. The molecule has 0 saturated carbocycles. The number of carbonyl (C=O) groups excluding carboxylic acids is 1. The molecule has 5 nitrogen and oxygen atoms in total. The van der Waals surface area contributed by atoms with E-state index in [1.54, 1.807) is 0 Å². The van der Waals surface area contributed by atoms with E-state index in [0.29, 0.717) is 17.0 Å². The van der Waals surface area contributed by atoms with Crippen molar-refractivity contribution in [2.75, 3.05) is 11.9 Å². The summed E-state index contributed by atoms with van der Waals surface area (Å²) < 4.78 is 17.7. The van der Waals surface area contributed by atoms with Crippen molar-refractivity contribution in [1.29, 1.82) is 0 Å². The van der Waals surface area contributed by atoms with E-state index in [0.717, 1.165) is 0 Å². The summed E-state index contributed by atoms with van der Waals surface area (Å²) >= 11 is 0. The molecule has 0 spiro atoms. The predicted octanol–water partition coefficient (Wildman–Crippen LogP) is 2.54. The molecule has 1 amide bonds. The Bertz CT molecular complexity index is 638. The van der Waals surface area contributed by atoms with E-state index in [1.807, 2.05) is 0 Å². The molecule has 0 saturated heterocycles. The molecule has 0 fully saturated rings. The minimum Gasteiger partial charge on any atom is -0.482 e. The summed E-state index contributed by atoms with van der Waals surface area (Å²) in [4.78, 5) is 22.3. The Kier molecular flexibility index (Phi) is 4.50. The zero-order chi connectivity index (χ0) is 15.2. The first-order chi connectivity index (χ1) is 10.0. The Morgan fingerprint density at radius 1 is 1.05 bits per heavy atom. The van der Waals surface area contributed by atoms with E-state index in [-0.39, 0.29) is 11.7 Å². The normalized spacial score (nSPS) is 9.95. The molecule has 0 atom stereocenters. The number of amides is 1. The van der Waals surface area contributed by atoms with Gasteiger partial charge in [0.1, 0.15) is 11.6 Å². The van der Waals surface area contributed by atoms with Crippen LogP contribution in [-0.2, 0) is 4.79 Å². The third-order valence-corrected chi connectivity index (χ3v) is 2.58. The summed E-state index contributed by atoms with van der Waals surface area (Å²) in [5.41, 5.74) is 0.856. The number of carboxylic acids is 1. The van der Waals surface area contributed by atoms with Crippen LogP contribution in [0, 0.1) is 5.82 Å². The van der Waals surface area contributed by atoms with Crippen LogP contribution in [0.15, 0.2) is 48.5 Å². The first kappa shape index (κ1) is 14.5. The van der Waals surface area contributed by atoms with E-state index in [9.17, 15) is 14.0 Å². The second kappa shape index (κ2) is 6.51. The molecule has 0 unspecified atom stereocenters. The SMILES string of the molecule is O=C(O)COc1ccc(C(=O)Nc2ccc(F)cc2)cc1. The first-order valence-corrected chi connectivity index (χ1v) is 6.06. The number of hydrogen-bond acceptors (Lipinski definition) is 3. The molecule has 0 aromatic heterocycles. The van der Waals surface area contributed by atoms with Crippen molar-refractivity contribution >= 4 is 17.6 Å². The number of rotatable bonds is 5. The highest BCUT2D eigenvalue weighted by atomic mass is 19.1. The molecule has 0 aliphatic rings. The van der Waals surface area contributed by atoms with Crippen LogP contribution in [0.5, 0.6) is 5.75 Å². The van der Waals surface area contributed by atoms with Crippen LogP contribution in [0.1, 0.15) is 10.4 Å². The maximum atomic E-state index is 12.8. The summed E-state index contributed by atoms with van der Waals surface area (Å²) in [6.07, 6.45) is 0. The van der Waals surface area contributed by atoms with E-state index in [1.165, 1.54) is 48.5 Å². The lowest BCUT2D eigenvalue weighted by atomic mass is 10.2. The minimum atomic E-state index is -1.08. The number of ether oxygens (including phenoxy) is 1. The molecule has 0 aliphatic heterocycles. The standard InChI is InChI=1S/C15H12FNO4/c16-11-3-5-12(6-4-11)17-15(20)10-1-7-13(8-2-10)21-9-14(18)19/h1-8H,9H2,(H,17,20)(H,18,19). The summed E-state index contributed by atoms with van der Waals surface area (Å²) in [5, 5.41) is 11.1. The van der Waals surface area contributed by atoms with Gasteiger partial charge in [0.05, 0.1) is 0 Å². The fraction of sp³-hybridized carbons (Fsp3) is 0.0667. The van der Waals surface area contributed by atoms with Crippen LogP contribution < -0.4 is 10.1 Å². The molecule has 108 valence electrons.